The SMILES string of the molecule is CCCCCCCCCCCCCCCCCCCCCCC(=O)O[C@H](COC(=O)CCCCCCCCCCCCCCCC)COP(=O)(O)OC[C@@H](O)COP(=O)(O)OC[C@@H](COC(=O)CCCCCCC)OC(=O)CCCCCCCCCC(C)C. The third-order valence-corrected chi connectivity index (χ3v) is 18.2. The molecule has 17 nitrogen and oxygen atoms in total. The van der Waals surface area contributed by atoms with Crippen LogP contribution in [-0.2, 0) is 65.4 Å². The highest BCUT2D eigenvalue weighted by molar-refractivity contribution is 7.47. The molecule has 0 aromatic rings. The number of phosphoric ester groups is 2. The summed E-state index contributed by atoms with van der Waals surface area (Å²) in [6.07, 6.45) is 50.6. The fourth-order valence-electron chi connectivity index (χ4n) is 10.6. The maximum Gasteiger partial charge on any atom is 0.472 e. The average Bonchev–Trinajstić information content (AvgIpc) is 3.68. The molecule has 0 aliphatic carbocycles. The number of hydrogen-bond acceptors (Lipinski definition) is 15. The number of aliphatic hydroxyl groups excluding tert-OH is 1. The van der Waals surface area contributed by atoms with E-state index in [1.807, 2.05) is 0 Å². The smallest absolute Gasteiger partial charge is 0.462 e. The normalized spacial score (nSPS) is 14.1. The third-order valence-electron chi connectivity index (χ3n) is 16.3. The number of ether oxygens (including phenoxy) is 4. The molecule has 0 radical (unpaired) electrons. The summed E-state index contributed by atoms with van der Waals surface area (Å²) in [5.41, 5.74) is 0. The van der Waals surface area contributed by atoms with Gasteiger partial charge in [-0.3, -0.25) is 37.3 Å². The Morgan fingerprint density at radius 3 is 0.764 bits per heavy atom. The lowest BCUT2D eigenvalue weighted by atomic mass is 10.0. The Balaban J connectivity index is 5.12. The van der Waals surface area contributed by atoms with E-state index in [0.29, 0.717) is 31.6 Å². The number of unbranched alkanes of at least 4 members (excludes halogenated alkanes) is 42. The predicted octanol–water partition coefficient (Wildman–Crippen LogP) is 20.1. The van der Waals surface area contributed by atoms with Crippen LogP contribution in [-0.4, -0.2) is 96.7 Å². The second-order valence-electron chi connectivity index (χ2n) is 25.7. The Kier molecular flexibility index (Phi) is 62.1. The molecule has 0 rings (SSSR count). The van der Waals surface area contributed by atoms with E-state index in [1.54, 1.807) is 0 Å². The van der Waals surface area contributed by atoms with Crippen molar-refractivity contribution in [2.45, 2.75) is 380 Å². The van der Waals surface area contributed by atoms with Crippen LogP contribution in [0.5, 0.6) is 0 Å². The van der Waals surface area contributed by atoms with Crippen LogP contribution in [0.25, 0.3) is 0 Å². The maximum absolute atomic E-state index is 13.0. The molecule has 5 atom stereocenters. The lowest BCUT2D eigenvalue weighted by molar-refractivity contribution is -0.161. The minimum Gasteiger partial charge on any atom is -0.462 e. The first-order valence-electron chi connectivity index (χ1n) is 36.6. The van der Waals surface area contributed by atoms with Crippen molar-refractivity contribution in [3.63, 3.8) is 0 Å². The molecule has 0 saturated carbocycles. The van der Waals surface area contributed by atoms with Crippen LogP contribution in [0.3, 0.4) is 0 Å². The summed E-state index contributed by atoms with van der Waals surface area (Å²) in [4.78, 5) is 72.2. The van der Waals surface area contributed by atoms with Gasteiger partial charge in [-0.1, -0.05) is 311 Å². The summed E-state index contributed by atoms with van der Waals surface area (Å²) >= 11 is 0. The van der Waals surface area contributed by atoms with Gasteiger partial charge in [-0.2, -0.15) is 0 Å². The number of hydrogen-bond donors (Lipinski definition) is 3. The molecule has 2 unspecified atom stereocenters. The van der Waals surface area contributed by atoms with E-state index in [2.05, 4.69) is 34.6 Å². The van der Waals surface area contributed by atoms with Crippen LogP contribution in [0.15, 0.2) is 0 Å². The standard InChI is InChI=1S/C70H136O17P2/c1-6-9-12-15-17-19-21-23-25-26-27-28-29-30-32-34-36-40-45-50-55-69(74)87-66(60-81-68(73)54-49-44-39-35-33-31-24-22-20-18-16-13-10-7-2)62-85-89(78,79)83-58-64(71)57-82-88(76,77)84-61-65(59-80-67(72)53-48-42-14-11-8-3)86-70(75)56-51-46-41-37-38-43-47-52-63(4)5/h63-66,71H,6-62H2,1-5H3,(H,76,77)(H,78,79)/t64-,65+,66+/m0/s1. The molecule has 0 aliphatic rings. The zero-order valence-electron chi connectivity index (χ0n) is 57.6. The van der Waals surface area contributed by atoms with E-state index >= 15 is 0 Å². The molecule has 19 heteroatoms. The average molecular weight is 1310 g/mol. The Labute approximate surface area is 543 Å². The second kappa shape index (κ2) is 63.5. The fraction of sp³-hybridized carbons (Fsp3) is 0.943. The molecule has 0 aromatic carbocycles. The molecule has 89 heavy (non-hydrogen) atoms. The van der Waals surface area contributed by atoms with E-state index in [1.165, 1.54) is 180 Å². The van der Waals surface area contributed by atoms with Gasteiger partial charge in [0.25, 0.3) is 0 Å². The lowest BCUT2D eigenvalue weighted by Crippen LogP contribution is -2.30. The van der Waals surface area contributed by atoms with Gasteiger partial charge in [-0.05, 0) is 31.6 Å². The van der Waals surface area contributed by atoms with Gasteiger partial charge in [-0.15, -0.1) is 0 Å². The summed E-state index contributed by atoms with van der Waals surface area (Å²) in [7, 11) is -9.89. The molecular formula is C70H136O17P2. The molecule has 0 bridgehead atoms. The van der Waals surface area contributed by atoms with Gasteiger partial charge in [0.15, 0.2) is 12.2 Å². The van der Waals surface area contributed by atoms with Gasteiger partial charge in [-0.25, -0.2) is 9.13 Å². The number of rotatable bonds is 70. The fourth-order valence-corrected chi connectivity index (χ4v) is 12.2. The van der Waals surface area contributed by atoms with Crippen LogP contribution >= 0.6 is 15.6 Å². The van der Waals surface area contributed by atoms with Crippen molar-refractivity contribution in [1.29, 1.82) is 0 Å². The van der Waals surface area contributed by atoms with Crippen LogP contribution in [0, 0.1) is 5.92 Å². The van der Waals surface area contributed by atoms with E-state index < -0.39 is 97.5 Å². The van der Waals surface area contributed by atoms with Crippen molar-refractivity contribution in [3.05, 3.63) is 0 Å². The van der Waals surface area contributed by atoms with Crippen LogP contribution in [0.2, 0.25) is 0 Å². The highest BCUT2D eigenvalue weighted by Gasteiger charge is 2.30. The molecule has 0 aliphatic heterocycles. The highest BCUT2D eigenvalue weighted by atomic mass is 31.2. The summed E-state index contributed by atoms with van der Waals surface area (Å²) in [6.45, 7) is 7.09. The topological polar surface area (TPSA) is 237 Å². The Morgan fingerprint density at radius 1 is 0.303 bits per heavy atom. The molecule has 0 saturated heterocycles. The summed E-state index contributed by atoms with van der Waals surface area (Å²) in [6, 6.07) is 0. The zero-order valence-corrected chi connectivity index (χ0v) is 59.4. The van der Waals surface area contributed by atoms with Crippen molar-refractivity contribution in [1.82, 2.24) is 0 Å². The molecular weight excluding hydrogens is 1170 g/mol. The summed E-state index contributed by atoms with van der Waals surface area (Å²) in [5.74, 6) is -1.44. The maximum atomic E-state index is 13.0. The monoisotopic (exact) mass is 1310 g/mol. The molecule has 0 aromatic heterocycles. The molecule has 0 heterocycles. The Morgan fingerprint density at radius 2 is 0.517 bits per heavy atom. The van der Waals surface area contributed by atoms with Crippen LogP contribution < -0.4 is 0 Å². The van der Waals surface area contributed by atoms with Crippen molar-refractivity contribution in [2.24, 2.45) is 5.92 Å². The van der Waals surface area contributed by atoms with Gasteiger partial charge in [0, 0.05) is 25.7 Å². The van der Waals surface area contributed by atoms with Crippen molar-refractivity contribution < 1.29 is 80.2 Å². The van der Waals surface area contributed by atoms with Gasteiger partial charge >= 0.3 is 39.5 Å². The molecule has 528 valence electrons. The van der Waals surface area contributed by atoms with Gasteiger partial charge in [0.1, 0.15) is 19.3 Å². The van der Waals surface area contributed by atoms with Crippen molar-refractivity contribution in [2.75, 3.05) is 39.6 Å². The minimum atomic E-state index is -4.95. The summed E-state index contributed by atoms with van der Waals surface area (Å²) in [5, 5.41) is 10.5. The molecule has 0 fully saturated rings. The van der Waals surface area contributed by atoms with E-state index in [9.17, 15) is 43.2 Å². The van der Waals surface area contributed by atoms with Crippen LogP contribution in [0.1, 0.15) is 362 Å². The zero-order chi connectivity index (χ0) is 65.6. The molecule has 0 amide bonds. The first-order valence-corrected chi connectivity index (χ1v) is 39.6. The Bertz CT molecular complexity index is 1720. The molecule has 3 N–H and O–H groups in total. The minimum absolute atomic E-state index is 0.103. The third kappa shape index (κ3) is 64.6. The van der Waals surface area contributed by atoms with E-state index in [4.69, 9.17) is 37.0 Å². The number of carbonyl (C=O) groups is 4. The quantitative estimate of drug-likeness (QED) is 0.0222. The van der Waals surface area contributed by atoms with Gasteiger partial charge < -0.3 is 33.8 Å². The van der Waals surface area contributed by atoms with Crippen LogP contribution in [0.4, 0.5) is 0 Å². The number of esters is 4. The summed E-state index contributed by atoms with van der Waals surface area (Å²) < 4.78 is 68.0. The predicted molar refractivity (Wildman–Crippen MR) is 358 cm³/mol. The number of carbonyl (C=O) groups excluding carboxylic acids is 4. The number of aliphatic hydroxyl groups is 1. The number of phosphoric acid groups is 2. The first kappa shape index (κ1) is 87.1. The van der Waals surface area contributed by atoms with Gasteiger partial charge in [0.05, 0.1) is 26.4 Å². The first-order chi connectivity index (χ1) is 43.0. The van der Waals surface area contributed by atoms with E-state index in [-0.39, 0.29) is 25.7 Å². The Hall–Kier alpha value is -1.94. The molecule has 0 spiro atoms. The highest BCUT2D eigenvalue weighted by Crippen LogP contribution is 2.45. The van der Waals surface area contributed by atoms with Crippen molar-refractivity contribution >= 4 is 39.5 Å². The van der Waals surface area contributed by atoms with Crippen molar-refractivity contribution in [3.8, 4) is 0 Å². The largest absolute Gasteiger partial charge is 0.472 e. The van der Waals surface area contributed by atoms with E-state index in [0.717, 1.165) is 96.3 Å². The van der Waals surface area contributed by atoms with Gasteiger partial charge in [0.2, 0.25) is 0 Å². The lowest BCUT2D eigenvalue weighted by Gasteiger charge is -2.21. The second-order valence-corrected chi connectivity index (χ2v) is 28.7.